The van der Waals surface area contributed by atoms with Gasteiger partial charge in [-0.2, -0.15) is 5.10 Å². The highest BCUT2D eigenvalue weighted by Gasteiger charge is 2.05. The minimum atomic E-state index is 0.359. The fourth-order valence-electron chi connectivity index (χ4n) is 2.91. The third-order valence-electron chi connectivity index (χ3n) is 4.52. The van der Waals surface area contributed by atoms with Crippen LogP contribution in [0.1, 0.15) is 44.6 Å². The van der Waals surface area contributed by atoms with Crippen LogP contribution in [0.3, 0.4) is 0 Å². The number of hydrogen-bond donors (Lipinski definition) is 1. The van der Waals surface area contributed by atoms with Gasteiger partial charge >= 0.3 is 0 Å². The molecule has 2 aromatic carbocycles. The van der Waals surface area contributed by atoms with Gasteiger partial charge in [-0.25, -0.2) is 9.97 Å². The van der Waals surface area contributed by atoms with Crippen LogP contribution < -0.4 is 10.2 Å². The Morgan fingerprint density at radius 3 is 2.50 bits per heavy atom. The molecule has 0 radical (unpaired) electrons. The highest BCUT2D eigenvalue weighted by molar-refractivity contribution is 6.29. The van der Waals surface area contributed by atoms with E-state index in [-0.39, 0.29) is 0 Å². The highest BCUT2D eigenvalue weighted by Crippen LogP contribution is 2.20. The van der Waals surface area contributed by atoms with Crippen molar-refractivity contribution in [3.05, 3.63) is 71.4 Å². The van der Waals surface area contributed by atoms with Crippen LogP contribution in [0.2, 0.25) is 5.15 Å². The number of nitrogens with one attached hydrogen (secondary N) is 1. The quantitative estimate of drug-likeness (QED) is 0.164. The van der Waals surface area contributed by atoms with Crippen molar-refractivity contribution in [1.82, 2.24) is 9.97 Å². The van der Waals surface area contributed by atoms with Gasteiger partial charge in [0.05, 0.1) is 12.8 Å². The molecule has 0 unspecified atom stereocenters. The predicted molar refractivity (Wildman–Crippen MR) is 124 cm³/mol. The van der Waals surface area contributed by atoms with Crippen molar-refractivity contribution in [2.24, 2.45) is 5.10 Å². The summed E-state index contributed by atoms with van der Waals surface area (Å²) < 4.78 is 5.79. The zero-order valence-corrected chi connectivity index (χ0v) is 18.0. The van der Waals surface area contributed by atoms with Crippen LogP contribution >= 0.6 is 11.6 Å². The molecular weight excluding hydrogens is 396 g/mol. The van der Waals surface area contributed by atoms with Crippen molar-refractivity contribution in [2.75, 3.05) is 12.0 Å². The van der Waals surface area contributed by atoms with Crippen molar-refractivity contribution in [3.8, 4) is 17.1 Å². The normalized spacial score (nSPS) is 11.0. The molecule has 1 aromatic heterocycles. The predicted octanol–water partition coefficient (Wildman–Crippen LogP) is 6.59. The van der Waals surface area contributed by atoms with Gasteiger partial charge in [0.2, 0.25) is 0 Å². The Morgan fingerprint density at radius 2 is 1.73 bits per heavy atom. The Labute approximate surface area is 183 Å². The molecule has 1 N–H and O–H groups in total. The number of anilines is 1. The first-order chi connectivity index (χ1) is 14.7. The lowest BCUT2D eigenvalue weighted by Crippen LogP contribution is -1.98. The summed E-state index contributed by atoms with van der Waals surface area (Å²) in [5.41, 5.74) is 4.78. The van der Waals surface area contributed by atoms with Crippen LogP contribution in [0.4, 0.5) is 5.82 Å². The molecule has 0 bridgehead atoms. The van der Waals surface area contributed by atoms with Crippen LogP contribution in [0.5, 0.6) is 5.75 Å². The van der Waals surface area contributed by atoms with Crippen molar-refractivity contribution in [3.63, 3.8) is 0 Å². The number of rotatable bonds is 11. The number of benzene rings is 2. The van der Waals surface area contributed by atoms with E-state index in [0.29, 0.717) is 16.8 Å². The van der Waals surface area contributed by atoms with Gasteiger partial charge in [0.1, 0.15) is 10.9 Å². The largest absolute Gasteiger partial charge is 0.494 e. The Kier molecular flexibility index (Phi) is 8.66. The highest BCUT2D eigenvalue weighted by atomic mass is 35.5. The number of hydrazone groups is 1. The molecular formula is C24H27ClN4O. The summed E-state index contributed by atoms with van der Waals surface area (Å²) >= 11 is 6.13. The van der Waals surface area contributed by atoms with Crippen LogP contribution in [0.25, 0.3) is 11.4 Å². The fourth-order valence-corrected chi connectivity index (χ4v) is 3.09. The van der Waals surface area contributed by atoms with Crippen LogP contribution in [0, 0.1) is 0 Å². The van der Waals surface area contributed by atoms with Crippen LogP contribution in [-0.2, 0) is 0 Å². The van der Waals surface area contributed by atoms with Crippen LogP contribution in [0.15, 0.2) is 65.8 Å². The monoisotopic (exact) mass is 422 g/mol. The van der Waals surface area contributed by atoms with Gasteiger partial charge in [0.25, 0.3) is 0 Å². The van der Waals surface area contributed by atoms with Gasteiger partial charge in [-0.3, -0.25) is 5.43 Å². The van der Waals surface area contributed by atoms with Crippen molar-refractivity contribution >= 4 is 23.6 Å². The minimum absolute atomic E-state index is 0.359. The molecule has 0 aliphatic heterocycles. The summed E-state index contributed by atoms with van der Waals surface area (Å²) in [6, 6.07) is 19.2. The number of hydrogen-bond acceptors (Lipinski definition) is 5. The van der Waals surface area contributed by atoms with E-state index in [9.17, 15) is 0 Å². The number of unbranched alkanes of at least 4 members (excludes halogenated alkanes) is 4. The van der Waals surface area contributed by atoms with Gasteiger partial charge in [-0.05, 0) is 36.2 Å². The first kappa shape index (κ1) is 21.8. The molecule has 0 aliphatic carbocycles. The lowest BCUT2D eigenvalue weighted by molar-refractivity contribution is 0.304. The maximum absolute atomic E-state index is 6.13. The first-order valence-electron chi connectivity index (χ1n) is 10.4. The molecule has 0 saturated heterocycles. The smallest absolute Gasteiger partial charge is 0.163 e. The summed E-state index contributed by atoms with van der Waals surface area (Å²) in [6.45, 7) is 2.98. The van der Waals surface area contributed by atoms with E-state index in [1.807, 2.05) is 54.6 Å². The zero-order chi connectivity index (χ0) is 21.0. The Hall–Kier alpha value is -2.92. The number of ether oxygens (including phenoxy) is 1. The summed E-state index contributed by atoms with van der Waals surface area (Å²) in [6.07, 6.45) is 7.90. The fraction of sp³-hybridized carbons (Fsp3) is 0.292. The summed E-state index contributed by atoms with van der Waals surface area (Å²) in [5, 5.41) is 4.62. The summed E-state index contributed by atoms with van der Waals surface area (Å²) in [5.74, 6) is 1.97. The second kappa shape index (κ2) is 11.9. The molecule has 3 rings (SSSR count). The second-order valence-electron chi connectivity index (χ2n) is 6.97. The summed E-state index contributed by atoms with van der Waals surface area (Å²) in [7, 11) is 0. The van der Waals surface area contributed by atoms with Gasteiger partial charge < -0.3 is 4.74 Å². The second-order valence-corrected chi connectivity index (χ2v) is 7.35. The van der Waals surface area contributed by atoms with Gasteiger partial charge in [0.15, 0.2) is 11.6 Å². The van der Waals surface area contributed by atoms with Crippen molar-refractivity contribution < 1.29 is 4.74 Å². The minimum Gasteiger partial charge on any atom is -0.494 e. The maximum atomic E-state index is 6.13. The van der Waals surface area contributed by atoms with E-state index in [4.69, 9.17) is 16.3 Å². The molecule has 0 aliphatic rings. The van der Waals surface area contributed by atoms with Crippen molar-refractivity contribution in [1.29, 1.82) is 0 Å². The topological polar surface area (TPSA) is 59.4 Å². The standard InChI is InChI=1S/C24H27ClN4O/c1-2-3-4-5-9-16-30-21-14-12-19(13-15-21)18-26-29-23-17-22(25)27-24(28-23)20-10-7-6-8-11-20/h6-8,10-15,17-18H,2-5,9,16H2,1H3,(H,27,28,29)/b26-18-. The van der Waals surface area contributed by atoms with Gasteiger partial charge in [-0.1, -0.05) is 74.5 Å². The molecule has 5 nitrogen and oxygen atoms in total. The molecule has 3 aromatic rings. The van der Waals surface area contributed by atoms with E-state index < -0.39 is 0 Å². The zero-order valence-electron chi connectivity index (χ0n) is 17.2. The number of halogens is 1. The SMILES string of the molecule is CCCCCCCOc1ccc(/C=N\Nc2cc(Cl)nc(-c3ccccc3)n2)cc1. The van der Waals surface area contributed by atoms with Gasteiger partial charge in [0, 0.05) is 11.6 Å². The summed E-state index contributed by atoms with van der Waals surface area (Å²) in [4.78, 5) is 8.74. The number of aromatic nitrogens is 2. The first-order valence-corrected chi connectivity index (χ1v) is 10.7. The van der Waals surface area contributed by atoms with E-state index in [0.717, 1.165) is 29.9 Å². The molecule has 0 spiro atoms. The maximum Gasteiger partial charge on any atom is 0.163 e. The third kappa shape index (κ3) is 7.16. The van der Waals surface area contributed by atoms with Gasteiger partial charge in [-0.15, -0.1) is 0 Å². The van der Waals surface area contributed by atoms with Crippen molar-refractivity contribution in [2.45, 2.75) is 39.0 Å². The van der Waals surface area contributed by atoms with E-state index >= 15 is 0 Å². The van der Waals surface area contributed by atoms with Crippen LogP contribution in [-0.4, -0.2) is 22.8 Å². The molecule has 0 fully saturated rings. The molecule has 156 valence electrons. The molecule has 0 saturated carbocycles. The average molecular weight is 423 g/mol. The van der Waals surface area contributed by atoms with E-state index in [2.05, 4.69) is 27.4 Å². The van der Waals surface area contributed by atoms with E-state index in [1.54, 1.807) is 12.3 Å². The Balaban J connectivity index is 1.51. The van der Waals surface area contributed by atoms with E-state index in [1.165, 1.54) is 25.7 Å². The Morgan fingerprint density at radius 1 is 0.967 bits per heavy atom. The Bertz CT molecular complexity index is 930. The molecule has 6 heteroatoms. The molecule has 1 heterocycles. The third-order valence-corrected chi connectivity index (χ3v) is 4.71. The molecule has 0 atom stereocenters. The molecule has 30 heavy (non-hydrogen) atoms. The lowest BCUT2D eigenvalue weighted by atomic mass is 10.2. The average Bonchev–Trinajstić information content (AvgIpc) is 2.77. The lowest BCUT2D eigenvalue weighted by Gasteiger charge is -2.06. The number of nitrogens with zero attached hydrogens (tertiary/aromatic N) is 3. The molecule has 0 amide bonds.